The lowest BCUT2D eigenvalue weighted by Gasteiger charge is -2.16. The smallest absolute Gasteiger partial charge is 0.251 e. The molecule has 0 radical (unpaired) electrons. The van der Waals surface area contributed by atoms with Gasteiger partial charge in [-0.25, -0.2) is 8.42 Å². The predicted molar refractivity (Wildman–Crippen MR) is 103 cm³/mol. The molecule has 0 saturated carbocycles. The van der Waals surface area contributed by atoms with E-state index < -0.39 is 10.0 Å². The van der Waals surface area contributed by atoms with E-state index in [1.165, 1.54) is 27.2 Å². The van der Waals surface area contributed by atoms with E-state index >= 15 is 0 Å². The Labute approximate surface area is 166 Å². The van der Waals surface area contributed by atoms with E-state index in [1.54, 1.807) is 24.3 Å². The summed E-state index contributed by atoms with van der Waals surface area (Å²) in [5.41, 5.74) is 0.340. The predicted octanol–water partition coefficient (Wildman–Crippen LogP) is 2.38. The third kappa shape index (κ3) is 3.73. The molecule has 146 valence electrons. The molecule has 3 heterocycles. The van der Waals surface area contributed by atoms with Gasteiger partial charge in [-0.15, -0.1) is 10.2 Å². The van der Waals surface area contributed by atoms with Crippen LogP contribution in [0.4, 0.5) is 0 Å². The van der Waals surface area contributed by atoms with Gasteiger partial charge in [-0.3, -0.25) is 4.79 Å². The molecule has 1 aromatic carbocycles. The molecule has 0 atom stereocenters. The molecule has 0 amide bonds. The summed E-state index contributed by atoms with van der Waals surface area (Å²) in [6.07, 6.45) is 3.00. The van der Waals surface area contributed by atoms with E-state index in [-0.39, 0.29) is 22.9 Å². The number of rotatable bonds is 5. The number of hydrogen-bond donors (Lipinski definition) is 0. The van der Waals surface area contributed by atoms with Gasteiger partial charge < -0.3 is 8.98 Å². The van der Waals surface area contributed by atoms with Crippen molar-refractivity contribution in [1.29, 1.82) is 0 Å². The Morgan fingerprint density at radius 1 is 1.04 bits per heavy atom. The van der Waals surface area contributed by atoms with Crippen molar-refractivity contribution in [3.8, 4) is 11.5 Å². The highest BCUT2D eigenvalue weighted by atomic mass is 35.5. The fourth-order valence-electron chi connectivity index (χ4n) is 3.04. The first-order valence-corrected chi connectivity index (χ1v) is 10.5. The Bertz CT molecular complexity index is 1150. The molecule has 3 aromatic rings. The highest BCUT2D eigenvalue weighted by Gasteiger charge is 2.27. The number of aromatic nitrogens is 3. The zero-order valence-electron chi connectivity index (χ0n) is 14.8. The van der Waals surface area contributed by atoms with Crippen molar-refractivity contribution in [2.75, 3.05) is 13.1 Å². The maximum atomic E-state index is 12.7. The molecule has 0 aliphatic carbocycles. The zero-order valence-corrected chi connectivity index (χ0v) is 16.4. The number of hydrogen-bond acceptors (Lipinski definition) is 6. The molecule has 28 heavy (non-hydrogen) atoms. The molecule has 1 fully saturated rings. The molecule has 2 aromatic heterocycles. The fraction of sp³-hybridized carbons (Fsp3) is 0.278. The Morgan fingerprint density at radius 3 is 2.46 bits per heavy atom. The van der Waals surface area contributed by atoms with Crippen molar-refractivity contribution in [1.82, 2.24) is 19.1 Å². The molecule has 0 spiro atoms. The quantitative estimate of drug-likeness (QED) is 0.628. The van der Waals surface area contributed by atoms with Gasteiger partial charge >= 0.3 is 0 Å². The highest BCUT2D eigenvalue weighted by Crippen LogP contribution is 2.22. The van der Waals surface area contributed by atoms with Gasteiger partial charge in [-0.2, -0.15) is 4.31 Å². The van der Waals surface area contributed by atoms with Gasteiger partial charge in [-0.1, -0.05) is 11.6 Å². The summed E-state index contributed by atoms with van der Waals surface area (Å²) in [5, 5.41) is 8.51. The lowest BCUT2D eigenvalue weighted by Crippen LogP contribution is -2.29. The Balaban J connectivity index is 1.60. The largest absolute Gasteiger partial charge is 0.419 e. The summed E-state index contributed by atoms with van der Waals surface area (Å²) in [6, 6.07) is 9.47. The van der Waals surface area contributed by atoms with Gasteiger partial charge in [0.1, 0.15) is 6.54 Å². The van der Waals surface area contributed by atoms with Gasteiger partial charge in [0.25, 0.3) is 5.56 Å². The number of pyridine rings is 1. The van der Waals surface area contributed by atoms with Crippen LogP contribution in [0.3, 0.4) is 0 Å². The van der Waals surface area contributed by atoms with Crippen LogP contribution in [0.5, 0.6) is 0 Å². The first-order chi connectivity index (χ1) is 13.4. The summed E-state index contributed by atoms with van der Waals surface area (Å²) in [5.74, 6) is 0.489. The van der Waals surface area contributed by atoms with E-state index in [1.807, 2.05) is 0 Å². The van der Waals surface area contributed by atoms with E-state index in [4.69, 9.17) is 16.0 Å². The lowest BCUT2D eigenvalue weighted by molar-refractivity contribution is 0.471. The first kappa shape index (κ1) is 18.9. The zero-order chi connectivity index (χ0) is 19.7. The van der Waals surface area contributed by atoms with Crippen molar-refractivity contribution in [2.24, 2.45) is 0 Å². The van der Waals surface area contributed by atoms with Crippen LogP contribution in [0.15, 0.2) is 56.7 Å². The first-order valence-electron chi connectivity index (χ1n) is 8.72. The second-order valence-corrected chi connectivity index (χ2v) is 8.82. The minimum absolute atomic E-state index is 0.0250. The van der Waals surface area contributed by atoms with Gasteiger partial charge in [0.15, 0.2) is 0 Å². The van der Waals surface area contributed by atoms with Crippen molar-refractivity contribution < 1.29 is 12.8 Å². The Morgan fingerprint density at radius 2 is 1.75 bits per heavy atom. The molecule has 8 nitrogen and oxygen atoms in total. The maximum Gasteiger partial charge on any atom is 0.251 e. The second-order valence-electron chi connectivity index (χ2n) is 6.45. The molecule has 1 saturated heterocycles. The average Bonchev–Trinajstić information content (AvgIpc) is 3.36. The van der Waals surface area contributed by atoms with Crippen molar-refractivity contribution in [3.63, 3.8) is 0 Å². The summed E-state index contributed by atoms with van der Waals surface area (Å²) in [7, 11) is -3.62. The average molecular weight is 421 g/mol. The van der Waals surface area contributed by atoms with Crippen LogP contribution in [0.25, 0.3) is 11.5 Å². The number of nitrogens with zero attached hydrogens (tertiary/aromatic N) is 4. The molecule has 0 bridgehead atoms. The van der Waals surface area contributed by atoms with Gasteiger partial charge in [0.05, 0.1) is 4.90 Å². The summed E-state index contributed by atoms with van der Waals surface area (Å²) in [6.45, 7) is 0.966. The van der Waals surface area contributed by atoms with Crippen molar-refractivity contribution >= 4 is 21.6 Å². The van der Waals surface area contributed by atoms with Gasteiger partial charge in [-0.05, 0) is 43.2 Å². The lowest BCUT2D eigenvalue weighted by atomic mass is 10.2. The minimum Gasteiger partial charge on any atom is -0.419 e. The molecule has 1 aliphatic heterocycles. The van der Waals surface area contributed by atoms with E-state index in [2.05, 4.69) is 10.2 Å². The molecule has 0 unspecified atom stereocenters. The standard InChI is InChI=1S/C18H17ClN4O4S/c19-14-5-3-13(4-6-14)18-21-20-16(27-18)12-22-11-15(7-8-17(22)24)28(25,26)23-9-1-2-10-23/h3-8,11H,1-2,9-10,12H2. The Hall–Kier alpha value is -2.49. The monoisotopic (exact) mass is 420 g/mol. The number of sulfonamides is 1. The van der Waals surface area contributed by atoms with Crippen LogP contribution in [0.2, 0.25) is 5.02 Å². The molecule has 1 aliphatic rings. The fourth-order valence-corrected chi connectivity index (χ4v) is 4.70. The van der Waals surface area contributed by atoms with E-state index in [0.29, 0.717) is 29.6 Å². The maximum absolute atomic E-state index is 12.7. The van der Waals surface area contributed by atoms with Crippen LogP contribution in [-0.4, -0.2) is 40.6 Å². The van der Waals surface area contributed by atoms with Crippen molar-refractivity contribution in [2.45, 2.75) is 24.3 Å². The van der Waals surface area contributed by atoms with Gasteiger partial charge in [0.2, 0.25) is 21.8 Å². The normalized spacial score (nSPS) is 15.2. The van der Waals surface area contributed by atoms with Crippen LogP contribution >= 0.6 is 11.6 Å². The number of benzene rings is 1. The molecule has 4 rings (SSSR count). The topological polar surface area (TPSA) is 98.3 Å². The third-order valence-corrected chi connectivity index (χ3v) is 6.66. The van der Waals surface area contributed by atoms with Crippen LogP contribution in [-0.2, 0) is 16.6 Å². The van der Waals surface area contributed by atoms with Gasteiger partial charge in [0, 0.05) is 35.9 Å². The van der Waals surface area contributed by atoms with Crippen LogP contribution in [0, 0.1) is 0 Å². The number of halogens is 1. The highest BCUT2D eigenvalue weighted by molar-refractivity contribution is 7.89. The SMILES string of the molecule is O=c1ccc(S(=O)(=O)N2CCCC2)cn1Cc1nnc(-c2ccc(Cl)cc2)o1. The van der Waals surface area contributed by atoms with Crippen LogP contribution in [0.1, 0.15) is 18.7 Å². The molecule has 0 N–H and O–H groups in total. The van der Waals surface area contributed by atoms with Crippen LogP contribution < -0.4 is 5.56 Å². The van der Waals surface area contributed by atoms with E-state index in [0.717, 1.165) is 12.8 Å². The summed E-state index contributed by atoms with van der Waals surface area (Å²) >= 11 is 5.87. The molecule has 10 heteroatoms. The molecular formula is C18H17ClN4O4S. The van der Waals surface area contributed by atoms with E-state index in [9.17, 15) is 13.2 Å². The molecular weight excluding hydrogens is 404 g/mol. The minimum atomic E-state index is -3.62. The third-order valence-electron chi connectivity index (χ3n) is 4.52. The second kappa shape index (κ2) is 7.50. The summed E-state index contributed by atoms with van der Waals surface area (Å²) in [4.78, 5) is 12.3. The summed E-state index contributed by atoms with van der Waals surface area (Å²) < 4.78 is 33.7. The van der Waals surface area contributed by atoms with Crippen molar-refractivity contribution in [3.05, 3.63) is 63.9 Å². The Kier molecular flexibility index (Phi) is 5.05.